The van der Waals surface area contributed by atoms with E-state index in [0.29, 0.717) is 5.56 Å². The maximum Gasteiger partial charge on any atom is 0.257 e. The zero-order valence-electron chi connectivity index (χ0n) is 17.2. The number of carbonyl (C=O) groups is 1. The van der Waals surface area contributed by atoms with Gasteiger partial charge in [0.1, 0.15) is 5.82 Å². The van der Waals surface area contributed by atoms with Gasteiger partial charge in [-0.2, -0.15) is 0 Å². The highest BCUT2D eigenvalue weighted by Crippen LogP contribution is 2.20. The maximum atomic E-state index is 12.5. The van der Waals surface area contributed by atoms with Gasteiger partial charge < -0.3 is 15.5 Å². The number of hydrogen-bond acceptors (Lipinski definition) is 4. The van der Waals surface area contributed by atoms with Crippen molar-refractivity contribution in [2.24, 2.45) is 0 Å². The largest absolute Gasteiger partial charge is 0.372 e. The number of amides is 1. The Labute approximate surface area is 172 Å². The first kappa shape index (κ1) is 20.4. The summed E-state index contributed by atoms with van der Waals surface area (Å²) in [6.07, 6.45) is 1.60. The fourth-order valence-electron chi connectivity index (χ4n) is 3.21. The van der Waals surface area contributed by atoms with Crippen LogP contribution in [0.15, 0.2) is 72.9 Å². The van der Waals surface area contributed by atoms with Crippen molar-refractivity contribution in [1.29, 1.82) is 0 Å². The van der Waals surface area contributed by atoms with Gasteiger partial charge in [-0.3, -0.25) is 4.79 Å². The molecule has 0 saturated heterocycles. The van der Waals surface area contributed by atoms with E-state index >= 15 is 0 Å². The summed E-state index contributed by atoms with van der Waals surface area (Å²) in [5, 5.41) is 6.28. The number of hydrogen-bond donors (Lipinski definition) is 2. The van der Waals surface area contributed by atoms with Crippen molar-refractivity contribution in [3.8, 4) is 0 Å². The van der Waals surface area contributed by atoms with Gasteiger partial charge in [0.25, 0.3) is 5.91 Å². The Morgan fingerprint density at radius 2 is 1.66 bits per heavy atom. The molecule has 5 nitrogen and oxygen atoms in total. The second-order valence-electron chi connectivity index (χ2n) is 6.88. The molecule has 1 aromatic heterocycles. The van der Waals surface area contributed by atoms with Crippen LogP contribution in [0.5, 0.6) is 0 Å². The number of aromatic nitrogens is 1. The van der Waals surface area contributed by atoms with Gasteiger partial charge in [-0.15, -0.1) is 0 Å². The monoisotopic (exact) mass is 388 g/mol. The summed E-state index contributed by atoms with van der Waals surface area (Å²) in [6, 6.07) is 21.8. The van der Waals surface area contributed by atoms with Gasteiger partial charge in [-0.25, -0.2) is 4.98 Å². The van der Waals surface area contributed by atoms with E-state index in [-0.39, 0.29) is 11.9 Å². The topological polar surface area (TPSA) is 57.3 Å². The lowest BCUT2D eigenvalue weighted by molar-refractivity contribution is 0.102. The molecule has 1 heterocycles. The average Bonchev–Trinajstić information content (AvgIpc) is 2.77. The van der Waals surface area contributed by atoms with Crippen molar-refractivity contribution in [2.45, 2.75) is 26.8 Å². The van der Waals surface area contributed by atoms with Crippen LogP contribution in [-0.2, 0) is 0 Å². The van der Waals surface area contributed by atoms with Gasteiger partial charge in [0.15, 0.2) is 0 Å². The van der Waals surface area contributed by atoms with Gasteiger partial charge in [0.2, 0.25) is 0 Å². The molecule has 0 bridgehead atoms. The highest BCUT2D eigenvalue weighted by atomic mass is 16.1. The molecule has 5 heteroatoms. The average molecular weight is 389 g/mol. The van der Waals surface area contributed by atoms with E-state index in [0.717, 1.165) is 30.3 Å². The van der Waals surface area contributed by atoms with E-state index in [1.165, 1.54) is 5.56 Å². The predicted molar refractivity (Wildman–Crippen MR) is 121 cm³/mol. The van der Waals surface area contributed by atoms with E-state index in [1.54, 1.807) is 12.3 Å². The van der Waals surface area contributed by atoms with Crippen LogP contribution < -0.4 is 15.5 Å². The number of benzene rings is 2. The molecule has 3 aromatic rings. The summed E-state index contributed by atoms with van der Waals surface area (Å²) in [4.78, 5) is 19.2. The second-order valence-corrected chi connectivity index (χ2v) is 6.88. The molecule has 0 aliphatic carbocycles. The van der Waals surface area contributed by atoms with Gasteiger partial charge in [0, 0.05) is 36.7 Å². The number of carbonyl (C=O) groups excluding carboxylic acids is 1. The van der Waals surface area contributed by atoms with Crippen LogP contribution in [0.3, 0.4) is 0 Å². The van der Waals surface area contributed by atoms with Crippen LogP contribution in [0.2, 0.25) is 0 Å². The number of rotatable bonds is 8. The number of pyridine rings is 1. The van der Waals surface area contributed by atoms with Crippen molar-refractivity contribution in [2.75, 3.05) is 28.6 Å². The molecule has 2 N–H and O–H groups in total. The molecule has 29 heavy (non-hydrogen) atoms. The molecule has 3 rings (SSSR count). The molecule has 0 aliphatic rings. The van der Waals surface area contributed by atoms with Crippen molar-refractivity contribution in [1.82, 2.24) is 4.98 Å². The normalized spacial score (nSPS) is 11.6. The molecule has 0 radical (unpaired) electrons. The fraction of sp³-hybridized carbons (Fsp3) is 0.250. The summed E-state index contributed by atoms with van der Waals surface area (Å²) in [6.45, 7) is 8.25. The van der Waals surface area contributed by atoms with E-state index in [2.05, 4.69) is 53.4 Å². The van der Waals surface area contributed by atoms with E-state index in [9.17, 15) is 4.79 Å². The van der Waals surface area contributed by atoms with Crippen molar-refractivity contribution >= 4 is 23.1 Å². The molecule has 0 saturated carbocycles. The van der Waals surface area contributed by atoms with Crippen molar-refractivity contribution in [3.63, 3.8) is 0 Å². The van der Waals surface area contributed by atoms with Crippen LogP contribution in [0, 0.1) is 0 Å². The first-order valence-electron chi connectivity index (χ1n) is 10.0. The third kappa shape index (κ3) is 5.35. The smallest absolute Gasteiger partial charge is 0.257 e. The zero-order valence-corrected chi connectivity index (χ0v) is 17.2. The Morgan fingerprint density at radius 1 is 0.966 bits per heavy atom. The number of anilines is 3. The molecule has 1 amide bonds. The minimum absolute atomic E-state index is 0.132. The second kappa shape index (κ2) is 9.73. The first-order valence-corrected chi connectivity index (χ1v) is 10.0. The third-order valence-corrected chi connectivity index (χ3v) is 4.94. The van der Waals surface area contributed by atoms with Gasteiger partial charge in [-0.1, -0.05) is 30.3 Å². The fourth-order valence-corrected chi connectivity index (χ4v) is 3.21. The lowest BCUT2D eigenvalue weighted by Crippen LogP contribution is -2.21. The van der Waals surface area contributed by atoms with Crippen molar-refractivity contribution in [3.05, 3.63) is 84.1 Å². The molecule has 2 aromatic carbocycles. The van der Waals surface area contributed by atoms with Crippen LogP contribution >= 0.6 is 0 Å². The summed E-state index contributed by atoms with van der Waals surface area (Å²) < 4.78 is 0. The number of nitrogens with zero attached hydrogens (tertiary/aromatic N) is 2. The Bertz CT molecular complexity index is 904. The lowest BCUT2D eigenvalue weighted by Gasteiger charge is -2.21. The van der Waals surface area contributed by atoms with Crippen LogP contribution in [0.1, 0.15) is 42.7 Å². The van der Waals surface area contributed by atoms with Crippen LogP contribution in [0.4, 0.5) is 17.2 Å². The summed E-state index contributed by atoms with van der Waals surface area (Å²) in [7, 11) is 0. The first-order chi connectivity index (χ1) is 14.1. The van der Waals surface area contributed by atoms with Gasteiger partial charge >= 0.3 is 0 Å². The lowest BCUT2D eigenvalue weighted by atomic mass is 10.1. The van der Waals surface area contributed by atoms with Gasteiger partial charge in [-0.05, 0) is 62.7 Å². The summed E-state index contributed by atoms with van der Waals surface area (Å²) >= 11 is 0. The summed E-state index contributed by atoms with van der Waals surface area (Å²) in [5.74, 6) is 0.567. The Morgan fingerprint density at radius 3 is 2.24 bits per heavy atom. The highest BCUT2D eigenvalue weighted by molar-refractivity contribution is 6.04. The van der Waals surface area contributed by atoms with Crippen LogP contribution in [0.25, 0.3) is 0 Å². The van der Waals surface area contributed by atoms with E-state index < -0.39 is 0 Å². The molecule has 150 valence electrons. The highest BCUT2D eigenvalue weighted by Gasteiger charge is 2.09. The SMILES string of the molecule is CCN(CC)c1ccc(NC(=O)c2ccc(NC(C)c3ccccc3)nc2)cc1. The van der Waals surface area contributed by atoms with Crippen molar-refractivity contribution < 1.29 is 4.79 Å². The zero-order chi connectivity index (χ0) is 20.6. The molecule has 0 aliphatic heterocycles. The Hall–Kier alpha value is -3.34. The molecular weight excluding hydrogens is 360 g/mol. The predicted octanol–water partition coefficient (Wildman–Crippen LogP) is 5.35. The molecule has 1 atom stereocenters. The molecule has 1 unspecified atom stereocenters. The Kier molecular flexibility index (Phi) is 6.85. The summed E-state index contributed by atoms with van der Waals surface area (Å²) in [5.41, 5.74) is 3.63. The quantitative estimate of drug-likeness (QED) is 0.546. The third-order valence-electron chi connectivity index (χ3n) is 4.94. The standard InChI is InChI=1S/C24H28N4O/c1-4-28(5-2)22-14-12-21(13-15-22)27-24(29)20-11-16-23(25-17-20)26-18(3)19-9-7-6-8-10-19/h6-18H,4-5H2,1-3H3,(H,25,26)(H,27,29). The Balaban J connectivity index is 1.60. The maximum absolute atomic E-state index is 12.5. The minimum atomic E-state index is -0.171. The van der Waals surface area contributed by atoms with Crippen LogP contribution in [-0.4, -0.2) is 24.0 Å². The minimum Gasteiger partial charge on any atom is -0.372 e. The molecular formula is C24H28N4O. The molecule has 0 spiro atoms. The van der Waals surface area contributed by atoms with E-state index in [1.807, 2.05) is 48.5 Å². The van der Waals surface area contributed by atoms with E-state index in [4.69, 9.17) is 0 Å². The van der Waals surface area contributed by atoms with Gasteiger partial charge in [0.05, 0.1) is 5.56 Å². The number of nitrogens with one attached hydrogen (secondary N) is 2. The molecule has 0 fully saturated rings.